The Labute approximate surface area is 113 Å². The summed E-state index contributed by atoms with van der Waals surface area (Å²) in [5, 5.41) is 3.52. The molecule has 1 aromatic rings. The zero-order valence-corrected chi connectivity index (χ0v) is 14.3. The van der Waals surface area contributed by atoms with Gasteiger partial charge in [-0.3, -0.25) is 0 Å². The van der Waals surface area contributed by atoms with Crippen LogP contribution in [0.25, 0.3) is 0 Å². The van der Waals surface area contributed by atoms with Crippen LogP contribution in [-0.4, -0.2) is 22.8 Å². The summed E-state index contributed by atoms with van der Waals surface area (Å²) in [6, 6.07) is 5.10. The van der Waals surface area contributed by atoms with E-state index in [-0.39, 0.29) is 0 Å². The SMILES string of the molecule is C[C@H]1COCc2cc3c(cc21)[Si](C)(C)C[Si]3(C)C. The molecule has 2 aliphatic rings. The molecule has 0 saturated carbocycles. The molecule has 0 unspecified atom stereocenters. The van der Waals surface area contributed by atoms with Crippen LogP contribution in [0.15, 0.2) is 12.1 Å². The van der Waals surface area contributed by atoms with Gasteiger partial charge in [0.15, 0.2) is 0 Å². The normalized spacial score (nSPS) is 27.7. The van der Waals surface area contributed by atoms with Gasteiger partial charge >= 0.3 is 0 Å². The lowest BCUT2D eigenvalue weighted by atomic mass is 9.95. The second-order valence-corrected chi connectivity index (χ2v) is 17.5. The number of rotatable bonds is 0. The summed E-state index contributed by atoms with van der Waals surface area (Å²) in [6.07, 6.45) is 0. The minimum absolute atomic E-state index is 0.578. The van der Waals surface area contributed by atoms with Crippen molar-refractivity contribution >= 4 is 26.5 Å². The molecule has 0 N–H and O–H groups in total. The molecule has 0 aliphatic carbocycles. The van der Waals surface area contributed by atoms with E-state index in [2.05, 4.69) is 45.2 Å². The summed E-state index contributed by atoms with van der Waals surface area (Å²) in [5.41, 5.74) is 4.57. The summed E-state index contributed by atoms with van der Waals surface area (Å²) in [4.78, 5) is 0. The molecule has 0 bridgehead atoms. The van der Waals surface area contributed by atoms with Gasteiger partial charge in [0.1, 0.15) is 0 Å². The van der Waals surface area contributed by atoms with Crippen LogP contribution in [0.5, 0.6) is 0 Å². The molecule has 3 rings (SSSR count). The first-order valence-corrected chi connectivity index (χ1v) is 13.5. The van der Waals surface area contributed by atoms with Crippen molar-refractivity contribution in [2.24, 2.45) is 0 Å². The predicted octanol–water partition coefficient (Wildman–Crippen LogP) is 2.70. The van der Waals surface area contributed by atoms with Crippen LogP contribution in [0, 0.1) is 0 Å². The molecule has 0 amide bonds. The van der Waals surface area contributed by atoms with E-state index in [9.17, 15) is 0 Å². The average Bonchev–Trinajstić information content (AvgIpc) is 2.43. The molecule has 2 aliphatic heterocycles. The number of hydrogen-bond acceptors (Lipinski definition) is 1. The fraction of sp³-hybridized carbons (Fsp3) is 0.600. The van der Waals surface area contributed by atoms with Crippen molar-refractivity contribution in [2.75, 3.05) is 6.61 Å². The van der Waals surface area contributed by atoms with Crippen LogP contribution in [0.4, 0.5) is 0 Å². The van der Waals surface area contributed by atoms with E-state index in [1.54, 1.807) is 15.9 Å². The fourth-order valence-electron chi connectivity index (χ4n) is 4.10. The molecule has 3 heteroatoms. The van der Waals surface area contributed by atoms with Crippen molar-refractivity contribution in [1.29, 1.82) is 0 Å². The third-order valence-electron chi connectivity index (χ3n) is 4.78. The zero-order valence-electron chi connectivity index (χ0n) is 12.3. The van der Waals surface area contributed by atoms with Crippen LogP contribution in [0.2, 0.25) is 31.9 Å². The first-order valence-electron chi connectivity index (χ1n) is 7.07. The molecule has 1 nitrogen and oxygen atoms in total. The van der Waals surface area contributed by atoms with Gasteiger partial charge in [0.2, 0.25) is 0 Å². The third-order valence-corrected chi connectivity index (χ3v) is 15.8. The van der Waals surface area contributed by atoms with E-state index in [1.165, 1.54) is 11.2 Å². The largest absolute Gasteiger partial charge is 0.376 e. The predicted molar refractivity (Wildman–Crippen MR) is 83.6 cm³/mol. The van der Waals surface area contributed by atoms with E-state index in [1.807, 2.05) is 0 Å². The number of fused-ring (bicyclic) bond motifs is 2. The first kappa shape index (κ1) is 12.6. The van der Waals surface area contributed by atoms with Gasteiger partial charge in [-0.15, -0.1) is 0 Å². The van der Waals surface area contributed by atoms with Crippen LogP contribution in [0.1, 0.15) is 24.0 Å². The quantitative estimate of drug-likeness (QED) is 0.662. The molecule has 0 fully saturated rings. The fourth-order valence-corrected chi connectivity index (χ4v) is 19.2. The van der Waals surface area contributed by atoms with Gasteiger partial charge in [-0.1, -0.05) is 61.3 Å². The van der Waals surface area contributed by atoms with Crippen LogP contribution in [0.3, 0.4) is 0 Å². The van der Waals surface area contributed by atoms with Gasteiger partial charge in [-0.05, 0) is 11.1 Å². The smallest absolute Gasteiger partial charge is 0.0782 e. The highest BCUT2D eigenvalue weighted by Crippen LogP contribution is 2.31. The van der Waals surface area contributed by atoms with Gasteiger partial charge in [-0.25, -0.2) is 0 Å². The molecule has 98 valence electrons. The van der Waals surface area contributed by atoms with Crippen molar-refractivity contribution in [2.45, 2.75) is 51.3 Å². The van der Waals surface area contributed by atoms with E-state index in [0.29, 0.717) is 5.92 Å². The lowest BCUT2D eigenvalue weighted by molar-refractivity contribution is 0.0952. The minimum atomic E-state index is -1.17. The average molecular weight is 277 g/mol. The lowest BCUT2D eigenvalue weighted by Crippen LogP contribution is -2.45. The molecule has 0 radical (unpaired) electrons. The van der Waals surface area contributed by atoms with Gasteiger partial charge < -0.3 is 4.74 Å². The Bertz CT molecular complexity index is 505. The maximum Gasteiger partial charge on any atom is 0.0782 e. The van der Waals surface area contributed by atoms with Crippen molar-refractivity contribution in [1.82, 2.24) is 0 Å². The second kappa shape index (κ2) is 3.81. The molecular formula is C15H24OSi2. The highest BCUT2D eigenvalue weighted by molar-refractivity contribution is 7.14. The molecule has 0 saturated heterocycles. The van der Waals surface area contributed by atoms with E-state index >= 15 is 0 Å². The second-order valence-electron chi connectivity index (χ2n) is 7.46. The molecule has 0 spiro atoms. The summed E-state index contributed by atoms with van der Waals surface area (Å²) in [7, 11) is -2.34. The molecule has 0 aromatic heterocycles. The Hall–Kier alpha value is -0.386. The van der Waals surface area contributed by atoms with Crippen molar-refractivity contribution in [3.05, 3.63) is 23.3 Å². The van der Waals surface area contributed by atoms with Crippen molar-refractivity contribution in [3.63, 3.8) is 0 Å². The highest BCUT2D eigenvalue weighted by atomic mass is 28.4. The summed E-state index contributed by atoms with van der Waals surface area (Å²) >= 11 is 0. The summed E-state index contributed by atoms with van der Waals surface area (Å²) < 4.78 is 5.71. The van der Waals surface area contributed by atoms with Crippen LogP contribution in [-0.2, 0) is 11.3 Å². The standard InChI is InChI=1S/C15H24OSi2/c1-11-8-16-9-12-6-14-15(7-13(11)12)18(4,5)10-17(14,2)3/h6-7,11H,8-10H2,1-5H3/t11-/m0/s1. The summed E-state index contributed by atoms with van der Waals surface area (Å²) in [5.74, 6) is 0.578. The van der Waals surface area contributed by atoms with Crippen LogP contribution >= 0.6 is 0 Å². The molecular weight excluding hydrogens is 252 g/mol. The maximum absolute atomic E-state index is 5.71. The Kier molecular flexibility index (Phi) is 2.67. The maximum atomic E-state index is 5.71. The highest BCUT2D eigenvalue weighted by Gasteiger charge is 2.45. The lowest BCUT2D eigenvalue weighted by Gasteiger charge is -2.26. The van der Waals surface area contributed by atoms with E-state index in [4.69, 9.17) is 4.74 Å². The number of ether oxygens (including phenoxy) is 1. The van der Waals surface area contributed by atoms with Crippen LogP contribution < -0.4 is 10.4 Å². The van der Waals surface area contributed by atoms with Crippen molar-refractivity contribution in [3.8, 4) is 0 Å². The Morgan fingerprint density at radius 2 is 1.67 bits per heavy atom. The van der Waals surface area contributed by atoms with E-state index < -0.39 is 16.1 Å². The van der Waals surface area contributed by atoms with Gasteiger partial charge in [-0.2, -0.15) is 0 Å². The van der Waals surface area contributed by atoms with Crippen molar-refractivity contribution < 1.29 is 4.74 Å². The number of hydrogen-bond donors (Lipinski definition) is 0. The van der Waals surface area contributed by atoms with E-state index in [0.717, 1.165) is 13.2 Å². The monoisotopic (exact) mass is 276 g/mol. The third kappa shape index (κ3) is 1.75. The Morgan fingerprint density at radius 1 is 1.06 bits per heavy atom. The molecule has 1 aromatic carbocycles. The van der Waals surface area contributed by atoms with Gasteiger partial charge in [0.05, 0.1) is 29.4 Å². The molecule has 1 atom stereocenters. The molecule has 18 heavy (non-hydrogen) atoms. The Balaban J connectivity index is 2.22. The topological polar surface area (TPSA) is 9.23 Å². The zero-order chi connectivity index (χ0) is 13.1. The summed E-state index contributed by atoms with van der Waals surface area (Å²) in [6.45, 7) is 14.2. The van der Waals surface area contributed by atoms with Gasteiger partial charge in [0, 0.05) is 5.92 Å². The Morgan fingerprint density at radius 3 is 2.33 bits per heavy atom. The first-order chi connectivity index (χ1) is 8.31. The molecule has 2 heterocycles. The van der Waals surface area contributed by atoms with Gasteiger partial charge in [0.25, 0.3) is 0 Å². The minimum Gasteiger partial charge on any atom is -0.376 e. The number of benzene rings is 1.